The van der Waals surface area contributed by atoms with Crippen molar-refractivity contribution in [2.75, 3.05) is 12.4 Å². The van der Waals surface area contributed by atoms with Gasteiger partial charge in [-0.05, 0) is 31.5 Å². The molecule has 0 aliphatic heterocycles. The van der Waals surface area contributed by atoms with Gasteiger partial charge in [0.05, 0.1) is 19.2 Å². The van der Waals surface area contributed by atoms with E-state index in [1.165, 1.54) is 14.0 Å². The van der Waals surface area contributed by atoms with E-state index in [-0.39, 0.29) is 6.42 Å². The SMILES string of the molecule is COc1cc2c(cc1NC(=O)[C@H](C)OC(=O)Cc1ccc(C)cc1)oc1ccccc12. The Bertz CT molecular complexity index is 1260. The molecule has 31 heavy (non-hydrogen) atoms. The van der Waals surface area contributed by atoms with E-state index in [0.717, 1.165) is 27.5 Å². The monoisotopic (exact) mass is 417 g/mol. The quantitative estimate of drug-likeness (QED) is 0.446. The lowest BCUT2D eigenvalue weighted by molar-refractivity contribution is -0.152. The molecule has 0 saturated carbocycles. The van der Waals surface area contributed by atoms with Crippen LogP contribution in [0.4, 0.5) is 5.69 Å². The van der Waals surface area contributed by atoms with Gasteiger partial charge >= 0.3 is 5.97 Å². The Hall–Kier alpha value is -3.80. The molecule has 4 aromatic rings. The van der Waals surface area contributed by atoms with E-state index in [9.17, 15) is 9.59 Å². The largest absolute Gasteiger partial charge is 0.495 e. The van der Waals surface area contributed by atoms with Crippen LogP contribution in [0.25, 0.3) is 21.9 Å². The van der Waals surface area contributed by atoms with Crippen molar-refractivity contribution in [2.24, 2.45) is 0 Å². The number of nitrogens with one attached hydrogen (secondary N) is 1. The normalized spacial score (nSPS) is 12.0. The van der Waals surface area contributed by atoms with Gasteiger partial charge in [0.1, 0.15) is 16.9 Å². The highest BCUT2D eigenvalue weighted by Gasteiger charge is 2.21. The fraction of sp³-hybridized carbons (Fsp3) is 0.200. The first kappa shape index (κ1) is 20.5. The van der Waals surface area contributed by atoms with Crippen LogP contribution >= 0.6 is 0 Å². The number of esters is 1. The number of para-hydroxylation sites is 1. The van der Waals surface area contributed by atoms with Crippen LogP contribution in [0, 0.1) is 6.92 Å². The third-order valence-electron chi connectivity index (χ3n) is 5.10. The van der Waals surface area contributed by atoms with E-state index < -0.39 is 18.0 Å². The number of carbonyl (C=O) groups excluding carboxylic acids is 2. The first-order chi connectivity index (χ1) is 14.9. The predicted molar refractivity (Wildman–Crippen MR) is 119 cm³/mol. The Morgan fingerprint density at radius 1 is 1.00 bits per heavy atom. The van der Waals surface area contributed by atoms with Gasteiger partial charge in [-0.3, -0.25) is 9.59 Å². The van der Waals surface area contributed by atoms with Crippen LogP contribution in [0.3, 0.4) is 0 Å². The third-order valence-corrected chi connectivity index (χ3v) is 5.10. The number of furan rings is 1. The molecule has 0 fully saturated rings. The summed E-state index contributed by atoms with van der Waals surface area (Å²) < 4.78 is 16.7. The molecule has 4 rings (SSSR count). The lowest BCUT2D eigenvalue weighted by Crippen LogP contribution is -2.30. The summed E-state index contributed by atoms with van der Waals surface area (Å²) in [4.78, 5) is 24.9. The molecule has 1 N–H and O–H groups in total. The summed E-state index contributed by atoms with van der Waals surface area (Å²) in [6.45, 7) is 3.51. The van der Waals surface area contributed by atoms with Crippen molar-refractivity contribution in [3.63, 3.8) is 0 Å². The molecule has 0 unspecified atom stereocenters. The van der Waals surface area contributed by atoms with Crippen molar-refractivity contribution in [1.82, 2.24) is 0 Å². The zero-order valence-electron chi connectivity index (χ0n) is 17.6. The number of fused-ring (bicyclic) bond motifs is 3. The molecule has 0 aliphatic carbocycles. The van der Waals surface area contributed by atoms with Gasteiger partial charge in [0.15, 0.2) is 6.10 Å². The minimum atomic E-state index is -0.964. The van der Waals surface area contributed by atoms with E-state index in [0.29, 0.717) is 17.0 Å². The van der Waals surface area contributed by atoms with Gasteiger partial charge in [-0.15, -0.1) is 0 Å². The van der Waals surface area contributed by atoms with Crippen molar-refractivity contribution in [2.45, 2.75) is 26.4 Å². The molecular weight excluding hydrogens is 394 g/mol. The van der Waals surface area contributed by atoms with E-state index in [1.807, 2.05) is 61.5 Å². The maximum absolute atomic E-state index is 12.6. The molecule has 0 spiro atoms. The second-order valence-electron chi connectivity index (χ2n) is 7.43. The van der Waals surface area contributed by atoms with Crippen LogP contribution in [-0.2, 0) is 20.7 Å². The number of hydrogen-bond acceptors (Lipinski definition) is 5. The van der Waals surface area contributed by atoms with Crippen LogP contribution in [0.1, 0.15) is 18.1 Å². The van der Waals surface area contributed by atoms with Gasteiger partial charge in [0, 0.05) is 16.8 Å². The van der Waals surface area contributed by atoms with Crippen molar-refractivity contribution >= 4 is 39.5 Å². The minimum Gasteiger partial charge on any atom is -0.495 e. The highest BCUT2D eigenvalue weighted by atomic mass is 16.5. The molecule has 0 bridgehead atoms. The number of hydrogen-bond donors (Lipinski definition) is 1. The second kappa shape index (κ2) is 8.52. The summed E-state index contributed by atoms with van der Waals surface area (Å²) in [6, 6.07) is 18.8. The molecule has 1 atom stereocenters. The molecule has 1 amide bonds. The number of anilines is 1. The summed E-state index contributed by atoms with van der Waals surface area (Å²) in [5.74, 6) is -0.428. The number of benzene rings is 3. The van der Waals surface area contributed by atoms with Crippen molar-refractivity contribution in [1.29, 1.82) is 0 Å². The van der Waals surface area contributed by atoms with E-state index >= 15 is 0 Å². The number of rotatable bonds is 6. The molecule has 158 valence electrons. The van der Waals surface area contributed by atoms with Gasteiger partial charge in [0.25, 0.3) is 5.91 Å². The van der Waals surface area contributed by atoms with E-state index in [1.54, 1.807) is 6.07 Å². The van der Waals surface area contributed by atoms with E-state index in [4.69, 9.17) is 13.9 Å². The first-order valence-electron chi connectivity index (χ1n) is 10.00. The maximum atomic E-state index is 12.6. The van der Waals surface area contributed by atoms with Crippen molar-refractivity contribution in [3.05, 3.63) is 71.8 Å². The fourth-order valence-electron chi connectivity index (χ4n) is 3.42. The van der Waals surface area contributed by atoms with E-state index in [2.05, 4.69) is 5.32 Å². The van der Waals surface area contributed by atoms with Gasteiger partial charge in [0.2, 0.25) is 0 Å². The molecule has 0 radical (unpaired) electrons. The highest BCUT2D eigenvalue weighted by molar-refractivity contribution is 6.08. The zero-order chi connectivity index (χ0) is 22.0. The second-order valence-corrected chi connectivity index (χ2v) is 7.43. The van der Waals surface area contributed by atoms with Gasteiger partial charge in [-0.25, -0.2) is 0 Å². The van der Waals surface area contributed by atoms with Crippen molar-refractivity contribution < 1.29 is 23.5 Å². The maximum Gasteiger partial charge on any atom is 0.311 e. The summed E-state index contributed by atoms with van der Waals surface area (Å²) in [6.07, 6.45) is -0.861. The van der Waals surface area contributed by atoms with Gasteiger partial charge in [-0.1, -0.05) is 48.0 Å². The smallest absolute Gasteiger partial charge is 0.311 e. The number of carbonyl (C=O) groups is 2. The molecule has 1 aromatic heterocycles. The molecule has 6 nitrogen and oxygen atoms in total. The fourth-order valence-corrected chi connectivity index (χ4v) is 3.42. The number of methoxy groups -OCH3 is 1. The Labute approximate surface area is 179 Å². The molecule has 0 aliphatic rings. The number of aryl methyl sites for hydroxylation is 1. The summed E-state index contributed by atoms with van der Waals surface area (Å²) in [7, 11) is 1.53. The Morgan fingerprint density at radius 2 is 1.74 bits per heavy atom. The Kier molecular flexibility index (Phi) is 5.62. The average Bonchev–Trinajstić information content (AvgIpc) is 3.12. The zero-order valence-corrected chi connectivity index (χ0v) is 17.6. The first-order valence-corrected chi connectivity index (χ1v) is 10.00. The van der Waals surface area contributed by atoms with Crippen LogP contribution < -0.4 is 10.1 Å². The predicted octanol–water partition coefficient (Wildman–Crippen LogP) is 5.02. The molecule has 0 saturated heterocycles. The summed E-state index contributed by atoms with van der Waals surface area (Å²) >= 11 is 0. The lowest BCUT2D eigenvalue weighted by atomic mass is 10.1. The molecule has 1 heterocycles. The lowest BCUT2D eigenvalue weighted by Gasteiger charge is -2.15. The molecule has 3 aromatic carbocycles. The van der Waals surface area contributed by atoms with Crippen molar-refractivity contribution in [3.8, 4) is 5.75 Å². The Morgan fingerprint density at radius 3 is 2.48 bits per heavy atom. The topological polar surface area (TPSA) is 77.8 Å². The van der Waals surface area contributed by atoms with Crippen LogP contribution in [-0.4, -0.2) is 25.1 Å². The number of ether oxygens (including phenoxy) is 2. The minimum absolute atomic E-state index is 0.103. The molecular formula is C25H23NO5. The molecule has 6 heteroatoms. The van der Waals surface area contributed by atoms with Crippen LogP contribution in [0.2, 0.25) is 0 Å². The summed E-state index contributed by atoms with van der Waals surface area (Å²) in [5, 5.41) is 4.63. The van der Waals surface area contributed by atoms with Gasteiger partial charge < -0.3 is 19.2 Å². The number of amides is 1. The third kappa shape index (κ3) is 4.38. The van der Waals surface area contributed by atoms with Gasteiger partial charge in [-0.2, -0.15) is 0 Å². The average molecular weight is 417 g/mol. The van der Waals surface area contributed by atoms with Crippen LogP contribution in [0.5, 0.6) is 5.75 Å². The van der Waals surface area contributed by atoms with Crippen LogP contribution in [0.15, 0.2) is 65.1 Å². The highest BCUT2D eigenvalue weighted by Crippen LogP contribution is 2.36. The summed E-state index contributed by atoms with van der Waals surface area (Å²) in [5.41, 5.74) is 3.77. The standard InChI is InChI=1S/C25H23NO5/c1-15-8-10-17(11-9-15)12-24(27)30-16(2)25(28)26-20-14-22-19(13-23(20)29-3)18-6-4-5-7-21(18)31-22/h4-11,13-14,16H,12H2,1-3H3,(H,26,28)/t16-/m0/s1. The Balaban J connectivity index is 1.48.